The molecular weight excluding hydrogens is 280 g/mol. The number of rotatable bonds is 7. The van der Waals surface area contributed by atoms with Gasteiger partial charge in [-0.2, -0.15) is 11.8 Å². The van der Waals surface area contributed by atoms with Gasteiger partial charge in [-0.1, -0.05) is 0 Å². The molecule has 0 saturated heterocycles. The van der Waals surface area contributed by atoms with Crippen LogP contribution >= 0.6 is 11.8 Å². The second-order valence-corrected chi connectivity index (χ2v) is 5.71. The van der Waals surface area contributed by atoms with E-state index in [-0.39, 0.29) is 12.5 Å². The van der Waals surface area contributed by atoms with Crippen molar-refractivity contribution in [2.24, 2.45) is 16.6 Å². The Labute approximate surface area is 123 Å². The zero-order valence-electron chi connectivity index (χ0n) is 11.8. The van der Waals surface area contributed by atoms with Gasteiger partial charge in [0.1, 0.15) is 6.04 Å². The Morgan fingerprint density at radius 3 is 2.80 bits per heavy atom. The molecule has 2 unspecified atom stereocenters. The minimum absolute atomic E-state index is 0.000730. The number of carboxylic acids is 1. The minimum atomic E-state index is -0.952. The van der Waals surface area contributed by atoms with Crippen LogP contribution in [0.5, 0.6) is 0 Å². The van der Waals surface area contributed by atoms with Gasteiger partial charge in [0.2, 0.25) is 0 Å². The molecule has 0 aromatic heterocycles. The Bertz CT molecular complexity index is 409. The largest absolute Gasteiger partial charge is 0.493 e. The van der Waals surface area contributed by atoms with E-state index in [1.54, 1.807) is 11.8 Å². The number of nitrogens with zero attached hydrogens (tertiary/aromatic N) is 1. The third kappa shape index (κ3) is 4.42. The van der Waals surface area contributed by atoms with Gasteiger partial charge in [-0.05, 0) is 37.2 Å². The maximum Gasteiger partial charge on any atom is 0.328 e. The van der Waals surface area contributed by atoms with Crippen molar-refractivity contribution in [2.75, 3.05) is 25.7 Å². The molecule has 0 bridgehead atoms. The fourth-order valence-corrected chi connectivity index (χ4v) is 2.64. The summed E-state index contributed by atoms with van der Waals surface area (Å²) >= 11 is 1.58. The third-order valence-corrected chi connectivity index (χ3v) is 3.84. The van der Waals surface area contributed by atoms with E-state index >= 15 is 0 Å². The minimum Gasteiger partial charge on any atom is -0.493 e. The molecule has 2 atom stereocenters. The highest BCUT2D eigenvalue weighted by Crippen LogP contribution is 2.26. The van der Waals surface area contributed by atoms with Crippen molar-refractivity contribution in [3.63, 3.8) is 0 Å². The summed E-state index contributed by atoms with van der Waals surface area (Å²) in [6.07, 6.45) is 3.41. The molecule has 0 amide bonds. The van der Waals surface area contributed by atoms with E-state index in [9.17, 15) is 15.0 Å². The van der Waals surface area contributed by atoms with Gasteiger partial charge < -0.3 is 20.7 Å². The average Bonchev–Trinajstić information content (AvgIpc) is 2.42. The number of hydrogen-bond donors (Lipinski definition) is 3. The number of aliphatic carboxylic acids is 1. The summed E-state index contributed by atoms with van der Waals surface area (Å²) < 4.78 is 5.24. The van der Waals surface area contributed by atoms with Crippen LogP contribution in [0.4, 0.5) is 0 Å². The van der Waals surface area contributed by atoms with Crippen LogP contribution in [-0.2, 0) is 9.53 Å². The lowest BCUT2D eigenvalue weighted by Crippen LogP contribution is -2.29. The van der Waals surface area contributed by atoms with Crippen molar-refractivity contribution in [1.82, 2.24) is 0 Å². The zero-order chi connectivity index (χ0) is 15.1. The molecule has 6 nitrogen and oxygen atoms in total. The van der Waals surface area contributed by atoms with Crippen molar-refractivity contribution in [3.05, 3.63) is 11.5 Å². The number of thioether (sulfide) groups is 1. The zero-order valence-corrected chi connectivity index (χ0v) is 12.7. The lowest BCUT2D eigenvalue weighted by Gasteiger charge is -2.25. The Hall–Kier alpha value is -1.21. The number of allylic oxidation sites excluding steroid dienone is 2. The van der Waals surface area contributed by atoms with Gasteiger partial charge in [-0.15, -0.1) is 0 Å². The molecule has 1 aliphatic rings. The fraction of sp³-hybridized carbons (Fsp3) is 0.692. The van der Waals surface area contributed by atoms with Gasteiger partial charge in [0, 0.05) is 6.61 Å². The molecule has 4 N–H and O–H groups in total. The van der Waals surface area contributed by atoms with Crippen molar-refractivity contribution >= 4 is 23.4 Å². The Morgan fingerprint density at radius 2 is 2.30 bits per heavy atom. The third-order valence-electron chi connectivity index (χ3n) is 3.20. The summed E-state index contributed by atoms with van der Waals surface area (Å²) in [5, 5.41) is 18.5. The predicted octanol–water partition coefficient (Wildman–Crippen LogP) is 0.853. The molecule has 1 aliphatic carbocycles. The van der Waals surface area contributed by atoms with Crippen LogP contribution in [0.25, 0.3) is 0 Å². The van der Waals surface area contributed by atoms with Crippen LogP contribution in [0, 0.1) is 5.92 Å². The lowest BCUT2D eigenvalue weighted by molar-refractivity contribution is -0.138. The van der Waals surface area contributed by atoms with Gasteiger partial charge in [0.25, 0.3) is 0 Å². The maximum absolute atomic E-state index is 11.3. The van der Waals surface area contributed by atoms with E-state index in [1.165, 1.54) is 7.11 Å². The van der Waals surface area contributed by atoms with E-state index < -0.39 is 12.0 Å². The van der Waals surface area contributed by atoms with Crippen molar-refractivity contribution in [2.45, 2.75) is 25.3 Å². The quantitative estimate of drug-likeness (QED) is 0.644. The molecule has 7 heteroatoms. The first kappa shape index (κ1) is 16.8. The number of nitrogens with two attached hydrogens (primary N) is 1. The number of aliphatic hydroxyl groups is 1. The molecule has 0 radical (unpaired) electrons. The molecule has 114 valence electrons. The topological polar surface area (TPSA) is 105 Å². The Balaban J connectivity index is 3.00. The summed E-state index contributed by atoms with van der Waals surface area (Å²) in [5.74, 6) is 0.207. The van der Waals surface area contributed by atoms with E-state index in [0.29, 0.717) is 36.4 Å². The first-order valence-electron chi connectivity index (χ1n) is 6.45. The summed E-state index contributed by atoms with van der Waals surface area (Å²) in [7, 11) is 1.49. The summed E-state index contributed by atoms with van der Waals surface area (Å²) in [6, 6.07) is -0.798. The van der Waals surface area contributed by atoms with E-state index in [4.69, 9.17) is 10.5 Å². The first-order chi connectivity index (χ1) is 9.53. The molecule has 1 rings (SSSR count). The molecule has 20 heavy (non-hydrogen) atoms. The van der Waals surface area contributed by atoms with Crippen LogP contribution in [0.3, 0.4) is 0 Å². The van der Waals surface area contributed by atoms with Gasteiger partial charge in [0.05, 0.1) is 18.5 Å². The Morgan fingerprint density at radius 1 is 1.60 bits per heavy atom. The fourth-order valence-electron chi connectivity index (χ4n) is 2.18. The second-order valence-electron chi connectivity index (χ2n) is 4.73. The summed E-state index contributed by atoms with van der Waals surface area (Å²) in [5.41, 5.74) is 6.97. The van der Waals surface area contributed by atoms with Crippen molar-refractivity contribution in [3.8, 4) is 0 Å². The van der Waals surface area contributed by atoms with Gasteiger partial charge in [-0.25, -0.2) is 4.79 Å². The maximum atomic E-state index is 11.3. The molecule has 0 fully saturated rings. The summed E-state index contributed by atoms with van der Waals surface area (Å²) in [4.78, 5) is 15.6. The number of carboxylic acid groups (broad SMARTS) is 1. The monoisotopic (exact) mass is 302 g/mol. The first-order valence-corrected chi connectivity index (χ1v) is 7.85. The SMILES string of the molecule is COC1=C(N)CC(CO)CC1=NC(CCSC)C(=O)O. The highest BCUT2D eigenvalue weighted by atomic mass is 32.2. The van der Waals surface area contributed by atoms with Crippen LogP contribution in [0.15, 0.2) is 16.4 Å². The lowest BCUT2D eigenvalue weighted by atomic mass is 9.90. The van der Waals surface area contributed by atoms with Crippen LogP contribution in [0.2, 0.25) is 0 Å². The number of carbonyl (C=O) groups is 1. The predicted molar refractivity (Wildman–Crippen MR) is 79.9 cm³/mol. The van der Waals surface area contributed by atoms with Crippen molar-refractivity contribution < 1.29 is 19.7 Å². The molecule has 0 aliphatic heterocycles. The molecule has 0 aromatic rings. The van der Waals surface area contributed by atoms with Gasteiger partial charge >= 0.3 is 5.97 Å². The van der Waals surface area contributed by atoms with Crippen LogP contribution in [0.1, 0.15) is 19.3 Å². The molecule has 0 saturated carbocycles. The highest BCUT2D eigenvalue weighted by molar-refractivity contribution is 7.98. The van der Waals surface area contributed by atoms with E-state index in [2.05, 4.69) is 4.99 Å². The number of aliphatic hydroxyl groups excluding tert-OH is 1. The number of hydrogen-bond acceptors (Lipinski definition) is 6. The van der Waals surface area contributed by atoms with E-state index in [0.717, 1.165) is 5.75 Å². The molecule has 0 spiro atoms. The van der Waals surface area contributed by atoms with Gasteiger partial charge in [-0.3, -0.25) is 4.99 Å². The highest BCUT2D eigenvalue weighted by Gasteiger charge is 2.27. The normalized spacial score (nSPS) is 22.9. The Kier molecular flexibility index (Phi) is 6.87. The van der Waals surface area contributed by atoms with Crippen LogP contribution in [-0.4, -0.2) is 53.7 Å². The van der Waals surface area contributed by atoms with Crippen LogP contribution < -0.4 is 5.73 Å². The number of ether oxygens (including phenoxy) is 1. The second kappa shape index (κ2) is 8.16. The standard InChI is InChI=1S/C13H22N2O4S/c1-19-12-9(14)5-8(7-16)6-11(12)15-10(13(17)18)3-4-20-2/h8,10,16H,3-7,14H2,1-2H3,(H,17,18). The molecular formula is C13H22N2O4S. The number of aliphatic imine (C=N–C) groups is 1. The average molecular weight is 302 g/mol. The van der Waals surface area contributed by atoms with Crippen molar-refractivity contribution in [1.29, 1.82) is 0 Å². The van der Waals surface area contributed by atoms with Gasteiger partial charge in [0.15, 0.2) is 5.76 Å². The van der Waals surface area contributed by atoms with E-state index in [1.807, 2.05) is 6.26 Å². The smallest absolute Gasteiger partial charge is 0.328 e. The molecule has 0 heterocycles. The number of methoxy groups -OCH3 is 1. The molecule has 0 aromatic carbocycles. The summed E-state index contributed by atoms with van der Waals surface area (Å²) in [6.45, 7) is -0.000730.